The van der Waals surface area contributed by atoms with Gasteiger partial charge in [-0.2, -0.15) is 0 Å². The molecule has 2 aromatic rings. The SMILES string of the molecule is C(C=Cc1ccccc1)=Cc1ccccc1.CC(C)CP(CC(C)C)(CC(C)C)=NC1=CC=CC1.[Ti]. The molecule has 1 nitrogen and oxygen atoms in total. The average Bonchev–Trinajstić information content (AvgIpc) is 3.30. The van der Waals surface area contributed by atoms with Crippen LogP contribution in [0.15, 0.2) is 101 Å². The molecule has 0 aromatic heterocycles. The van der Waals surface area contributed by atoms with E-state index in [4.69, 9.17) is 4.74 Å². The predicted molar refractivity (Wildman–Crippen MR) is 161 cm³/mol. The molecule has 1 aliphatic rings. The van der Waals surface area contributed by atoms with Gasteiger partial charge in [0.15, 0.2) is 0 Å². The first kappa shape index (κ1) is 32.4. The third-order valence-electron chi connectivity index (χ3n) is 5.49. The third-order valence-corrected chi connectivity index (χ3v) is 10.4. The molecule has 0 fully saturated rings. The molecule has 0 heterocycles. The smallest absolute Gasteiger partial charge is 0.0425 e. The first-order valence-electron chi connectivity index (χ1n) is 13.2. The zero-order valence-electron chi connectivity index (χ0n) is 23.3. The Labute approximate surface area is 236 Å². The summed E-state index contributed by atoms with van der Waals surface area (Å²) in [5.41, 5.74) is 3.77. The second kappa shape index (κ2) is 17.7. The normalized spacial score (nSPS) is 13.3. The Balaban J connectivity index is 0.000000354. The van der Waals surface area contributed by atoms with Crippen LogP contribution in [0.3, 0.4) is 0 Å². The number of rotatable bonds is 10. The molecule has 2 aromatic carbocycles. The molecule has 192 valence electrons. The minimum absolute atomic E-state index is 0. The van der Waals surface area contributed by atoms with E-state index in [0.717, 1.165) is 24.2 Å². The molecule has 0 amide bonds. The Morgan fingerprint density at radius 2 is 1.11 bits per heavy atom. The predicted octanol–water partition coefficient (Wildman–Crippen LogP) is 10.4. The van der Waals surface area contributed by atoms with Gasteiger partial charge in [0.05, 0.1) is 0 Å². The molecule has 3 heteroatoms. The average molecular weight is 536 g/mol. The molecule has 0 saturated heterocycles. The summed E-state index contributed by atoms with van der Waals surface area (Å²) >= 11 is 0. The number of hydrogen-bond acceptors (Lipinski definition) is 1. The van der Waals surface area contributed by atoms with Crippen LogP contribution in [0.5, 0.6) is 0 Å². The number of nitrogens with zero attached hydrogens (tertiary/aromatic N) is 1. The van der Waals surface area contributed by atoms with Crippen LogP contribution in [0.1, 0.15) is 59.1 Å². The Morgan fingerprint density at radius 1 is 0.694 bits per heavy atom. The zero-order valence-corrected chi connectivity index (χ0v) is 25.7. The first-order chi connectivity index (χ1) is 16.8. The Bertz CT molecular complexity index is 947. The molecule has 0 bridgehead atoms. The second-order valence-electron chi connectivity index (χ2n) is 10.8. The molecule has 0 N–H and O–H groups in total. The third kappa shape index (κ3) is 13.6. The summed E-state index contributed by atoms with van der Waals surface area (Å²) in [6, 6.07) is 20.6. The Kier molecular flexibility index (Phi) is 16.0. The monoisotopic (exact) mass is 535 g/mol. The van der Waals surface area contributed by atoms with Gasteiger partial charge in [-0.1, -0.05) is 139 Å². The summed E-state index contributed by atoms with van der Waals surface area (Å²) in [7, 11) is -1.20. The van der Waals surface area contributed by atoms with E-state index in [1.165, 1.54) is 35.3 Å². The van der Waals surface area contributed by atoms with Gasteiger partial charge in [0.25, 0.3) is 0 Å². The van der Waals surface area contributed by atoms with Crippen molar-refractivity contribution in [2.24, 2.45) is 22.5 Å². The van der Waals surface area contributed by atoms with Crippen molar-refractivity contribution >= 4 is 19.2 Å². The number of allylic oxidation sites excluding steroid dienone is 5. The van der Waals surface area contributed by atoms with E-state index in [1.807, 2.05) is 36.4 Å². The van der Waals surface area contributed by atoms with Crippen molar-refractivity contribution in [3.63, 3.8) is 0 Å². The molecule has 0 spiro atoms. The van der Waals surface area contributed by atoms with E-state index in [1.54, 1.807) is 0 Å². The van der Waals surface area contributed by atoms with Gasteiger partial charge < -0.3 is 0 Å². The van der Waals surface area contributed by atoms with Crippen molar-refractivity contribution in [2.45, 2.75) is 48.0 Å². The maximum atomic E-state index is 5.34. The van der Waals surface area contributed by atoms with Crippen LogP contribution in [-0.2, 0) is 21.7 Å². The number of benzene rings is 2. The van der Waals surface area contributed by atoms with Crippen molar-refractivity contribution in [1.29, 1.82) is 0 Å². The van der Waals surface area contributed by atoms with Crippen molar-refractivity contribution in [2.75, 3.05) is 18.5 Å². The van der Waals surface area contributed by atoms with Gasteiger partial charge in [-0.25, -0.2) is 0 Å². The standard InChI is InChI=1S/C17H32NP.C16H14.Ti/c1-14(2)11-19(12-15(3)4,13-16(5)6)18-17-9-7-8-10-17;1-3-9-15(10-4-1)13-7-8-14-16-11-5-2-6-12-16;/h7-9,14-16H,10-13H2,1-6H3;1-14H;. The van der Waals surface area contributed by atoms with E-state index in [9.17, 15) is 0 Å². The molecule has 0 radical (unpaired) electrons. The topological polar surface area (TPSA) is 12.4 Å². The van der Waals surface area contributed by atoms with E-state index >= 15 is 0 Å². The van der Waals surface area contributed by atoms with Crippen LogP contribution in [0, 0.1) is 17.8 Å². The molecule has 36 heavy (non-hydrogen) atoms. The van der Waals surface area contributed by atoms with E-state index in [-0.39, 0.29) is 21.7 Å². The van der Waals surface area contributed by atoms with Gasteiger partial charge in [-0.05, 0) is 60.5 Å². The molecule has 0 aliphatic heterocycles. The van der Waals surface area contributed by atoms with E-state index in [0.29, 0.717) is 0 Å². The van der Waals surface area contributed by atoms with Crippen LogP contribution in [-0.4, -0.2) is 18.5 Å². The van der Waals surface area contributed by atoms with Gasteiger partial charge in [0.1, 0.15) is 0 Å². The summed E-state index contributed by atoms with van der Waals surface area (Å²) in [6.07, 6.45) is 19.9. The molecule has 0 unspecified atom stereocenters. The molecule has 3 rings (SSSR count). The van der Waals surface area contributed by atoms with Gasteiger partial charge in [0, 0.05) is 33.8 Å². The minimum Gasteiger partial charge on any atom is -0.272 e. The summed E-state index contributed by atoms with van der Waals surface area (Å²) in [6.45, 7) is 14.1. The number of hydrogen-bond donors (Lipinski definition) is 0. The van der Waals surface area contributed by atoms with Gasteiger partial charge in [-0.15, -0.1) is 0 Å². The van der Waals surface area contributed by atoms with E-state index < -0.39 is 7.05 Å². The maximum Gasteiger partial charge on any atom is 0.0425 e. The van der Waals surface area contributed by atoms with Crippen LogP contribution >= 0.6 is 7.05 Å². The molecular formula is C33H46NPTi. The zero-order chi connectivity index (χ0) is 25.5. The molecular weight excluding hydrogens is 489 g/mol. The van der Waals surface area contributed by atoms with Crippen LogP contribution < -0.4 is 0 Å². The fraction of sp³-hybridized carbons (Fsp3) is 0.394. The second-order valence-corrected chi connectivity index (χ2v) is 14.2. The van der Waals surface area contributed by atoms with Gasteiger partial charge in [0.2, 0.25) is 0 Å². The fourth-order valence-electron chi connectivity index (χ4n) is 4.63. The van der Waals surface area contributed by atoms with Gasteiger partial charge >= 0.3 is 0 Å². The Morgan fingerprint density at radius 3 is 1.44 bits per heavy atom. The van der Waals surface area contributed by atoms with Crippen molar-refractivity contribution < 1.29 is 21.7 Å². The molecule has 0 atom stereocenters. The maximum absolute atomic E-state index is 5.34. The summed E-state index contributed by atoms with van der Waals surface area (Å²) in [5, 5.41) is 0. The summed E-state index contributed by atoms with van der Waals surface area (Å²) < 4.78 is 5.34. The van der Waals surface area contributed by atoms with Crippen molar-refractivity contribution in [1.82, 2.24) is 0 Å². The minimum atomic E-state index is -1.20. The fourth-order valence-corrected chi connectivity index (χ4v) is 10.1. The van der Waals surface area contributed by atoms with Gasteiger partial charge in [-0.3, -0.25) is 4.74 Å². The quantitative estimate of drug-likeness (QED) is 0.163. The largest absolute Gasteiger partial charge is 0.272 e. The van der Waals surface area contributed by atoms with Crippen molar-refractivity contribution in [3.8, 4) is 0 Å². The summed E-state index contributed by atoms with van der Waals surface area (Å²) in [5.74, 6) is 2.26. The molecule has 0 saturated carbocycles. The van der Waals surface area contributed by atoms with Crippen LogP contribution in [0.4, 0.5) is 0 Å². The van der Waals surface area contributed by atoms with Crippen LogP contribution in [0.2, 0.25) is 0 Å². The first-order valence-corrected chi connectivity index (χ1v) is 15.5. The van der Waals surface area contributed by atoms with E-state index in [2.05, 4.69) is 108 Å². The summed E-state index contributed by atoms with van der Waals surface area (Å²) in [4.78, 5) is 0. The van der Waals surface area contributed by atoms with Crippen LogP contribution in [0.25, 0.3) is 12.2 Å². The van der Waals surface area contributed by atoms with Crippen molar-refractivity contribution in [3.05, 3.63) is 108 Å². The Hall–Kier alpha value is -1.66. The molecule has 1 aliphatic carbocycles.